The first kappa shape index (κ1) is 18.8. The van der Waals surface area contributed by atoms with Gasteiger partial charge in [0.1, 0.15) is 17.1 Å². The Hall–Kier alpha value is -3.57. The summed E-state index contributed by atoms with van der Waals surface area (Å²) in [6.07, 6.45) is 0. The molecule has 0 atom stereocenters. The normalized spacial score (nSPS) is 10.7. The van der Waals surface area contributed by atoms with Gasteiger partial charge >= 0.3 is 0 Å². The molecule has 0 bridgehead atoms. The number of carbonyl (C=O) groups excluding carboxylic acids is 1. The zero-order valence-corrected chi connectivity index (χ0v) is 16.0. The summed E-state index contributed by atoms with van der Waals surface area (Å²) in [5.41, 5.74) is 1.72. The minimum Gasteiger partial charge on any atom is -0.484 e. The molecular weight excluding hydrogens is 390 g/mol. The molecule has 144 valence electrons. The molecule has 0 unspecified atom stereocenters. The smallest absolute Gasteiger partial charge is 0.262 e. The number of halogens is 1. The van der Waals surface area contributed by atoms with E-state index in [-0.39, 0.29) is 17.9 Å². The maximum atomic E-state index is 12.5. The molecule has 0 aliphatic carbocycles. The molecule has 29 heavy (non-hydrogen) atoms. The molecule has 4 rings (SSSR count). The summed E-state index contributed by atoms with van der Waals surface area (Å²) >= 11 is 5.82. The Labute approximate surface area is 171 Å². The monoisotopic (exact) mass is 405 g/mol. The molecule has 4 aromatic rings. The standard InChI is InChI=1S/C23H16ClNO4/c24-16-6-8-17(9-7-16)25-23(27)14-28-18-10-11-21-19(12-18)20(26)13-22(29-21)15-4-2-1-3-5-15/h1-13H,14H2,(H,25,27). The van der Waals surface area contributed by atoms with E-state index in [0.717, 1.165) is 5.56 Å². The highest BCUT2D eigenvalue weighted by Gasteiger charge is 2.09. The van der Waals surface area contributed by atoms with Crippen LogP contribution >= 0.6 is 11.6 Å². The molecule has 0 spiro atoms. The summed E-state index contributed by atoms with van der Waals surface area (Å²) in [5, 5.41) is 3.69. The highest BCUT2D eigenvalue weighted by atomic mass is 35.5. The molecule has 5 nitrogen and oxygen atoms in total. The molecule has 1 heterocycles. The van der Waals surface area contributed by atoms with Crippen LogP contribution in [0.1, 0.15) is 0 Å². The van der Waals surface area contributed by atoms with Gasteiger partial charge in [-0.1, -0.05) is 41.9 Å². The van der Waals surface area contributed by atoms with Gasteiger partial charge in [-0.3, -0.25) is 9.59 Å². The lowest BCUT2D eigenvalue weighted by Crippen LogP contribution is -2.20. The number of hydrogen-bond donors (Lipinski definition) is 1. The molecule has 0 aliphatic rings. The van der Waals surface area contributed by atoms with Crippen molar-refractivity contribution in [2.24, 2.45) is 0 Å². The first-order chi connectivity index (χ1) is 14.1. The van der Waals surface area contributed by atoms with Crippen LogP contribution in [0, 0.1) is 0 Å². The minimum atomic E-state index is -0.320. The molecule has 0 fully saturated rings. The van der Waals surface area contributed by atoms with Gasteiger partial charge in [0, 0.05) is 22.3 Å². The first-order valence-electron chi connectivity index (χ1n) is 8.90. The van der Waals surface area contributed by atoms with Gasteiger partial charge < -0.3 is 14.5 Å². The predicted octanol–water partition coefficient (Wildman–Crippen LogP) is 5.13. The summed E-state index contributed by atoms with van der Waals surface area (Å²) in [6, 6.07) is 22.5. The van der Waals surface area contributed by atoms with Crippen LogP contribution < -0.4 is 15.5 Å². The van der Waals surface area contributed by atoms with Crippen molar-refractivity contribution in [3.05, 3.63) is 94.1 Å². The Morgan fingerprint density at radius 3 is 2.48 bits per heavy atom. The number of ether oxygens (including phenoxy) is 1. The third kappa shape index (κ3) is 4.47. The third-order valence-electron chi connectivity index (χ3n) is 4.25. The fraction of sp³-hybridized carbons (Fsp3) is 0.0435. The van der Waals surface area contributed by atoms with Crippen LogP contribution in [0.4, 0.5) is 5.69 Å². The molecule has 1 amide bonds. The molecule has 0 radical (unpaired) electrons. The van der Waals surface area contributed by atoms with Gasteiger partial charge in [0.15, 0.2) is 12.0 Å². The first-order valence-corrected chi connectivity index (χ1v) is 9.28. The lowest BCUT2D eigenvalue weighted by molar-refractivity contribution is -0.118. The van der Waals surface area contributed by atoms with Gasteiger partial charge in [0.25, 0.3) is 5.91 Å². The van der Waals surface area contributed by atoms with E-state index >= 15 is 0 Å². The topological polar surface area (TPSA) is 68.5 Å². The van der Waals surface area contributed by atoms with E-state index in [2.05, 4.69) is 5.32 Å². The fourth-order valence-electron chi connectivity index (χ4n) is 2.85. The molecule has 1 N–H and O–H groups in total. The lowest BCUT2D eigenvalue weighted by Gasteiger charge is -2.09. The zero-order chi connectivity index (χ0) is 20.2. The average molecular weight is 406 g/mol. The number of fused-ring (bicyclic) bond motifs is 1. The number of hydrogen-bond acceptors (Lipinski definition) is 4. The summed E-state index contributed by atoms with van der Waals surface area (Å²) in [6.45, 7) is -0.193. The van der Waals surface area contributed by atoms with Crippen LogP contribution in [-0.2, 0) is 4.79 Å². The lowest BCUT2D eigenvalue weighted by atomic mass is 10.1. The Morgan fingerprint density at radius 1 is 0.966 bits per heavy atom. The Balaban J connectivity index is 1.49. The Bertz CT molecular complexity index is 1220. The van der Waals surface area contributed by atoms with Gasteiger partial charge in [-0.25, -0.2) is 0 Å². The van der Waals surface area contributed by atoms with E-state index in [4.69, 9.17) is 20.8 Å². The second-order valence-corrected chi connectivity index (χ2v) is 6.78. The van der Waals surface area contributed by atoms with Gasteiger partial charge in [-0.2, -0.15) is 0 Å². The van der Waals surface area contributed by atoms with Crippen molar-refractivity contribution in [2.75, 3.05) is 11.9 Å². The van der Waals surface area contributed by atoms with Crippen molar-refractivity contribution in [1.82, 2.24) is 0 Å². The van der Waals surface area contributed by atoms with Crippen molar-refractivity contribution in [1.29, 1.82) is 0 Å². The van der Waals surface area contributed by atoms with E-state index in [9.17, 15) is 9.59 Å². The van der Waals surface area contributed by atoms with Gasteiger partial charge in [0.05, 0.1) is 5.39 Å². The molecule has 3 aromatic carbocycles. The Morgan fingerprint density at radius 2 is 1.72 bits per heavy atom. The molecule has 1 aromatic heterocycles. The van der Waals surface area contributed by atoms with Crippen LogP contribution in [0.25, 0.3) is 22.3 Å². The number of benzene rings is 3. The second-order valence-electron chi connectivity index (χ2n) is 6.34. The zero-order valence-electron chi connectivity index (χ0n) is 15.2. The van der Waals surface area contributed by atoms with E-state index in [1.807, 2.05) is 30.3 Å². The van der Waals surface area contributed by atoms with Crippen molar-refractivity contribution in [2.45, 2.75) is 0 Å². The number of anilines is 1. The average Bonchev–Trinajstić information content (AvgIpc) is 2.74. The molecule has 6 heteroatoms. The van der Waals surface area contributed by atoms with Gasteiger partial charge in [-0.05, 0) is 42.5 Å². The highest BCUT2D eigenvalue weighted by molar-refractivity contribution is 6.30. The van der Waals surface area contributed by atoms with Gasteiger partial charge in [-0.15, -0.1) is 0 Å². The van der Waals surface area contributed by atoms with Gasteiger partial charge in [0.2, 0.25) is 0 Å². The van der Waals surface area contributed by atoms with E-state index in [0.29, 0.717) is 33.2 Å². The van der Waals surface area contributed by atoms with E-state index < -0.39 is 0 Å². The van der Waals surface area contributed by atoms with Crippen LogP contribution in [0.3, 0.4) is 0 Å². The van der Waals surface area contributed by atoms with Crippen molar-refractivity contribution in [3.8, 4) is 17.1 Å². The second kappa shape index (κ2) is 8.20. The third-order valence-corrected chi connectivity index (χ3v) is 4.51. The summed E-state index contributed by atoms with van der Waals surface area (Å²) in [4.78, 5) is 24.6. The van der Waals surface area contributed by atoms with Crippen LogP contribution in [0.15, 0.2) is 88.1 Å². The highest BCUT2D eigenvalue weighted by Crippen LogP contribution is 2.24. The molecule has 0 saturated carbocycles. The summed E-state index contributed by atoms with van der Waals surface area (Å²) < 4.78 is 11.4. The van der Waals surface area contributed by atoms with Crippen molar-refractivity contribution in [3.63, 3.8) is 0 Å². The molecular formula is C23H16ClNO4. The van der Waals surface area contributed by atoms with Crippen LogP contribution in [0.2, 0.25) is 5.02 Å². The molecule has 0 aliphatic heterocycles. The van der Waals surface area contributed by atoms with Crippen molar-refractivity contribution >= 4 is 34.2 Å². The summed E-state index contributed by atoms with van der Waals surface area (Å²) in [7, 11) is 0. The number of amides is 1. The molecule has 0 saturated heterocycles. The minimum absolute atomic E-state index is 0.179. The predicted molar refractivity (Wildman–Crippen MR) is 113 cm³/mol. The van der Waals surface area contributed by atoms with E-state index in [1.165, 1.54) is 6.07 Å². The SMILES string of the molecule is O=C(COc1ccc2oc(-c3ccccc3)cc(=O)c2c1)Nc1ccc(Cl)cc1. The van der Waals surface area contributed by atoms with E-state index in [1.54, 1.807) is 42.5 Å². The number of rotatable bonds is 5. The summed E-state index contributed by atoms with van der Waals surface area (Å²) in [5.74, 6) is 0.585. The quantitative estimate of drug-likeness (QED) is 0.499. The Kier molecular flexibility index (Phi) is 5.31. The number of carbonyl (C=O) groups is 1. The fourth-order valence-corrected chi connectivity index (χ4v) is 2.98. The van der Waals surface area contributed by atoms with Crippen LogP contribution in [0.5, 0.6) is 5.75 Å². The largest absolute Gasteiger partial charge is 0.484 e. The van der Waals surface area contributed by atoms with Crippen LogP contribution in [-0.4, -0.2) is 12.5 Å². The van der Waals surface area contributed by atoms with Crippen molar-refractivity contribution < 1.29 is 13.9 Å². The number of nitrogens with one attached hydrogen (secondary N) is 1. The maximum absolute atomic E-state index is 12.5. The maximum Gasteiger partial charge on any atom is 0.262 e.